The minimum atomic E-state index is -0.742. The van der Waals surface area contributed by atoms with Gasteiger partial charge in [-0.1, -0.05) is 13.8 Å². The van der Waals surface area contributed by atoms with Gasteiger partial charge in [-0.2, -0.15) is 0 Å². The molecule has 0 bridgehead atoms. The molecule has 1 atom stereocenters. The van der Waals surface area contributed by atoms with Crippen LogP contribution >= 0.6 is 0 Å². The molecule has 2 N–H and O–H groups in total. The van der Waals surface area contributed by atoms with Crippen LogP contribution in [-0.4, -0.2) is 49.2 Å². The van der Waals surface area contributed by atoms with E-state index in [9.17, 15) is 4.79 Å². The van der Waals surface area contributed by atoms with Gasteiger partial charge in [-0.05, 0) is 45.2 Å². The van der Waals surface area contributed by atoms with E-state index in [0.29, 0.717) is 12.5 Å². The standard InChI is InChI=1S/C14H28N2O2/c1-13(2,11-6-7-16(5)8-11)9-15-10-14(3,4)12(17)18/h11,15H,6-10H2,1-5H3,(H,17,18). The highest BCUT2D eigenvalue weighted by Crippen LogP contribution is 2.33. The average Bonchev–Trinajstić information content (AvgIpc) is 2.64. The predicted octanol–water partition coefficient (Wildman–Crippen LogP) is 1.66. The number of rotatable bonds is 6. The Bertz CT molecular complexity index is 300. The summed E-state index contributed by atoms with van der Waals surface area (Å²) in [5, 5.41) is 12.4. The van der Waals surface area contributed by atoms with E-state index in [-0.39, 0.29) is 5.41 Å². The summed E-state index contributed by atoms with van der Waals surface area (Å²) in [5.41, 5.74) is -0.470. The fourth-order valence-electron chi connectivity index (χ4n) is 2.49. The number of nitrogens with one attached hydrogen (secondary N) is 1. The van der Waals surface area contributed by atoms with Crippen molar-refractivity contribution in [3.8, 4) is 0 Å². The zero-order valence-corrected chi connectivity index (χ0v) is 12.4. The first-order chi connectivity index (χ1) is 8.15. The van der Waals surface area contributed by atoms with E-state index in [1.54, 1.807) is 13.8 Å². The molecule has 0 aromatic heterocycles. The second-order valence-electron chi connectivity index (χ2n) is 7.03. The van der Waals surface area contributed by atoms with E-state index < -0.39 is 11.4 Å². The monoisotopic (exact) mass is 256 g/mol. The van der Waals surface area contributed by atoms with E-state index in [1.807, 2.05) is 0 Å². The van der Waals surface area contributed by atoms with Gasteiger partial charge < -0.3 is 15.3 Å². The van der Waals surface area contributed by atoms with Gasteiger partial charge in [-0.15, -0.1) is 0 Å². The van der Waals surface area contributed by atoms with Crippen LogP contribution in [0.15, 0.2) is 0 Å². The van der Waals surface area contributed by atoms with Crippen LogP contribution in [0.3, 0.4) is 0 Å². The molecule has 18 heavy (non-hydrogen) atoms. The number of likely N-dealkylation sites (tertiary alicyclic amines) is 1. The van der Waals surface area contributed by atoms with Gasteiger partial charge in [0.05, 0.1) is 5.41 Å². The molecule has 1 saturated heterocycles. The maximum atomic E-state index is 11.0. The first kappa shape index (κ1) is 15.4. The summed E-state index contributed by atoms with van der Waals surface area (Å²) >= 11 is 0. The molecule has 4 nitrogen and oxygen atoms in total. The zero-order chi connectivity index (χ0) is 14.0. The Balaban J connectivity index is 2.40. The van der Waals surface area contributed by atoms with Gasteiger partial charge in [0, 0.05) is 19.6 Å². The molecule has 1 fully saturated rings. The Labute approximate surface area is 111 Å². The lowest BCUT2D eigenvalue weighted by Gasteiger charge is -2.33. The fraction of sp³-hybridized carbons (Fsp3) is 0.929. The Kier molecular flexibility index (Phi) is 4.78. The van der Waals surface area contributed by atoms with Crippen molar-refractivity contribution in [1.82, 2.24) is 10.2 Å². The van der Waals surface area contributed by atoms with Gasteiger partial charge in [0.25, 0.3) is 0 Å². The Hall–Kier alpha value is -0.610. The van der Waals surface area contributed by atoms with Crippen LogP contribution < -0.4 is 5.32 Å². The summed E-state index contributed by atoms with van der Waals surface area (Å²) in [6.07, 6.45) is 1.24. The minimum absolute atomic E-state index is 0.222. The summed E-state index contributed by atoms with van der Waals surface area (Å²) in [4.78, 5) is 13.4. The molecular weight excluding hydrogens is 228 g/mol. The molecule has 0 aromatic carbocycles. The number of hydrogen-bond donors (Lipinski definition) is 2. The first-order valence-corrected chi connectivity index (χ1v) is 6.78. The van der Waals surface area contributed by atoms with Crippen molar-refractivity contribution >= 4 is 5.97 Å². The van der Waals surface area contributed by atoms with Crippen molar-refractivity contribution in [3.05, 3.63) is 0 Å². The van der Waals surface area contributed by atoms with E-state index in [0.717, 1.165) is 13.1 Å². The van der Waals surface area contributed by atoms with Crippen molar-refractivity contribution < 1.29 is 9.90 Å². The lowest BCUT2D eigenvalue weighted by Crippen LogP contribution is -2.42. The molecule has 0 amide bonds. The molecule has 1 rings (SSSR count). The number of carbonyl (C=O) groups is 1. The van der Waals surface area contributed by atoms with Crippen molar-refractivity contribution in [3.63, 3.8) is 0 Å². The highest BCUT2D eigenvalue weighted by atomic mass is 16.4. The van der Waals surface area contributed by atoms with Gasteiger partial charge in [-0.3, -0.25) is 4.79 Å². The topological polar surface area (TPSA) is 52.6 Å². The Morgan fingerprint density at radius 2 is 1.94 bits per heavy atom. The molecule has 1 aliphatic heterocycles. The van der Waals surface area contributed by atoms with Gasteiger partial charge in [0.2, 0.25) is 0 Å². The van der Waals surface area contributed by atoms with E-state index in [1.165, 1.54) is 13.0 Å². The largest absolute Gasteiger partial charge is 0.481 e. The van der Waals surface area contributed by atoms with E-state index in [2.05, 4.69) is 31.1 Å². The normalized spacial score (nSPS) is 22.4. The number of nitrogens with zero attached hydrogens (tertiary/aromatic N) is 1. The summed E-state index contributed by atoms with van der Waals surface area (Å²) in [7, 11) is 2.16. The SMILES string of the molecule is CN1CCC(C(C)(C)CNCC(C)(C)C(=O)O)C1. The number of carboxylic acid groups (broad SMARTS) is 1. The lowest BCUT2D eigenvalue weighted by molar-refractivity contribution is -0.146. The van der Waals surface area contributed by atoms with E-state index >= 15 is 0 Å². The zero-order valence-electron chi connectivity index (χ0n) is 12.4. The first-order valence-electron chi connectivity index (χ1n) is 6.78. The molecule has 1 heterocycles. The molecule has 0 aromatic rings. The molecule has 0 saturated carbocycles. The highest BCUT2D eigenvalue weighted by Gasteiger charge is 2.34. The summed E-state index contributed by atoms with van der Waals surface area (Å²) in [5.74, 6) is -0.0450. The minimum Gasteiger partial charge on any atom is -0.481 e. The van der Waals surface area contributed by atoms with Crippen molar-refractivity contribution in [1.29, 1.82) is 0 Å². The van der Waals surface area contributed by atoms with Gasteiger partial charge in [0.1, 0.15) is 0 Å². The molecule has 4 heteroatoms. The molecule has 1 aliphatic rings. The summed E-state index contributed by atoms with van der Waals surface area (Å²) < 4.78 is 0. The second-order valence-corrected chi connectivity index (χ2v) is 7.03. The number of carboxylic acids is 1. The highest BCUT2D eigenvalue weighted by molar-refractivity contribution is 5.73. The van der Waals surface area contributed by atoms with Gasteiger partial charge in [0.15, 0.2) is 0 Å². The number of aliphatic carboxylic acids is 1. The van der Waals surface area contributed by atoms with Gasteiger partial charge in [-0.25, -0.2) is 0 Å². The molecule has 0 radical (unpaired) electrons. The van der Waals surface area contributed by atoms with Crippen LogP contribution in [0.4, 0.5) is 0 Å². The van der Waals surface area contributed by atoms with E-state index in [4.69, 9.17) is 5.11 Å². The third-order valence-corrected chi connectivity index (χ3v) is 4.22. The maximum absolute atomic E-state index is 11.0. The van der Waals surface area contributed by atoms with Gasteiger partial charge >= 0.3 is 5.97 Å². The van der Waals surface area contributed by atoms with Crippen LogP contribution in [0.25, 0.3) is 0 Å². The summed E-state index contributed by atoms with van der Waals surface area (Å²) in [6, 6.07) is 0. The lowest BCUT2D eigenvalue weighted by atomic mass is 9.78. The molecule has 1 unspecified atom stereocenters. The molecular formula is C14H28N2O2. The van der Waals surface area contributed by atoms with Crippen LogP contribution in [-0.2, 0) is 4.79 Å². The Morgan fingerprint density at radius 3 is 2.39 bits per heavy atom. The third kappa shape index (κ3) is 3.95. The summed E-state index contributed by atoms with van der Waals surface area (Å²) in [6.45, 7) is 11.8. The second kappa shape index (κ2) is 5.57. The van der Waals surface area contributed by atoms with Crippen molar-refractivity contribution in [2.45, 2.75) is 34.1 Å². The third-order valence-electron chi connectivity index (χ3n) is 4.22. The van der Waals surface area contributed by atoms with Crippen LogP contribution in [0.5, 0.6) is 0 Å². The smallest absolute Gasteiger partial charge is 0.310 e. The quantitative estimate of drug-likeness (QED) is 0.759. The molecule has 106 valence electrons. The van der Waals surface area contributed by atoms with Crippen molar-refractivity contribution in [2.24, 2.45) is 16.7 Å². The predicted molar refractivity (Wildman–Crippen MR) is 73.7 cm³/mol. The maximum Gasteiger partial charge on any atom is 0.310 e. The van der Waals surface area contributed by atoms with Crippen LogP contribution in [0.2, 0.25) is 0 Å². The fourth-order valence-corrected chi connectivity index (χ4v) is 2.49. The van der Waals surface area contributed by atoms with Crippen LogP contribution in [0.1, 0.15) is 34.1 Å². The van der Waals surface area contributed by atoms with Crippen LogP contribution in [0, 0.1) is 16.7 Å². The number of hydrogen-bond acceptors (Lipinski definition) is 3. The van der Waals surface area contributed by atoms with Crippen molar-refractivity contribution in [2.75, 3.05) is 33.2 Å². The molecule has 0 aliphatic carbocycles. The Morgan fingerprint density at radius 1 is 1.33 bits per heavy atom. The molecule has 0 spiro atoms. The average molecular weight is 256 g/mol.